The van der Waals surface area contributed by atoms with Gasteiger partial charge in [0.25, 0.3) is 0 Å². The molecule has 1 aromatic heterocycles. The van der Waals surface area contributed by atoms with E-state index < -0.39 is 9.84 Å². The summed E-state index contributed by atoms with van der Waals surface area (Å²) in [5.41, 5.74) is 2.32. The quantitative estimate of drug-likeness (QED) is 0.500. The summed E-state index contributed by atoms with van der Waals surface area (Å²) < 4.78 is 36.7. The zero-order chi connectivity index (χ0) is 24.2. The van der Waals surface area contributed by atoms with Crippen LogP contribution in [0.3, 0.4) is 0 Å². The van der Waals surface area contributed by atoms with Crippen molar-refractivity contribution in [3.8, 4) is 5.75 Å². The molecule has 0 saturated carbocycles. The lowest BCUT2D eigenvalue weighted by atomic mass is 9.74. The van der Waals surface area contributed by atoms with Crippen molar-refractivity contribution in [1.29, 1.82) is 0 Å². The van der Waals surface area contributed by atoms with Crippen LogP contribution in [0.4, 0.5) is 0 Å². The van der Waals surface area contributed by atoms with Gasteiger partial charge in [0.05, 0.1) is 17.6 Å². The van der Waals surface area contributed by atoms with E-state index in [0.29, 0.717) is 37.7 Å². The number of benzene rings is 2. The van der Waals surface area contributed by atoms with Crippen LogP contribution in [0.15, 0.2) is 48.5 Å². The lowest BCUT2D eigenvalue weighted by Gasteiger charge is -2.38. The summed E-state index contributed by atoms with van der Waals surface area (Å²) in [6.45, 7) is 4.30. The summed E-state index contributed by atoms with van der Waals surface area (Å²) in [6.07, 6.45) is 2.77. The van der Waals surface area contributed by atoms with Gasteiger partial charge in [0.15, 0.2) is 9.84 Å². The van der Waals surface area contributed by atoms with Crippen LogP contribution in [0, 0.1) is 0 Å². The fraction of sp³-hybridized carbons (Fsp3) is 0.440. The molecular formula is C25H31N3O5S. The Balaban J connectivity index is 1.53. The van der Waals surface area contributed by atoms with E-state index >= 15 is 0 Å². The Hall–Kier alpha value is -2.91. The first-order valence-electron chi connectivity index (χ1n) is 11.5. The van der Waals surface area contributed by atoms with Crippen LogP contribution in [-0.2, 0) is 37.1 Å². The van der Waals surface area contributed by atoms with Crippen LogP contribution in [0.25, 0.3) is 11.0 Å². The number of hydrogen-bond donors (Lipinski definition) is 1. The van der Waals surface area contributed by atoms with Crippen LogP contribution in [-0.4, -0.2) is 56.5 Å². The van der Waals surface area contributed by atoms with Gasteiger partial charge in [-0.15, -0.1) is 0 Å². The van der Waals surface area contributed by atoms with E-state index in [9.17, 15) is 13.2 Å². The molecule has 1 aliphatic heterocycles. The highest BCUT2D eigenvalue weighted by Crippen LogP contribution is 2.35. The molecule has 2 heterocycles. The van der Waals surface area contributed by atoms with Crippen molar-refractivity contribution in [2.75, 3.05) is 32.6 Å². The maximum absolute atomic E-state index is 13.1. The summed E-state index contributed by atoms with van der Waals surface area (Å²) in [5, 5.41) is 3.10. The maximum Gasteiger partial charge on any atom is 0.240 e. The average molecular weight is 486 g/mol. The fourth-order valence-corrected chi connectivity index (χ4v) is 5.20. The Morgan fingerprint density at radius 1 is 1.15 bits per heavy atom. The van der Waals surface area contributed by atoms with E-state index in [4.69, 9.17) is 9.47 Å². The lowest BCUT2D eigenvalue weighted by Crippen LogP contribution is -2.45. The van der Waals surface area contributed by atoms with Crippen LogP contribution >= 0.6 is 0 Å². The van der Waals surface area contributed by atoms with Gasteiger partial charge in [-0.1, -0.05) is 24.3 Å². The van der Waals surface area contributed by atoms with Crippen molar-refractivity contribution in [2.45, 2.75) is 37.5 Å². The van der Waals surface area contributed by atoms with E-state index in [1.54, 1.807) is 4.57 Å². The van der Waals surface area contributed by atoms with E-state index in [1.807, 2.05) is 43.3 Å². The van der Waals surface area contributed by atoms with Gasteiger partial charge in [0.1, 0.15) is 23.9 Å². The van der Waals surface area contributed by atoms with Gasteiger partial charge in [-0.05, 0) is 49.6 Å². The molecule has 4 rings (SSSR count). The minimum atomic E-state index is -3.31. The number of imidazole rings is 1. The second-order valence-corrected chi connectivity index (χ2v) is 10.9. The molecule has 0 atom stereocenters. The average Bonchev–Trinajstić information content (AvgIpc) is 3.14. The van der Waals surface area contributed by atoms with Crippen molar-refractivity contribution in [1.82, 2.24) is 14.9 Å². The molecule has 2 aromatic carbocycles. The van der Waals surface area contributed by atoms with Crippen LogP contribution in [0.1, 0.15) is 31.2 Å². The molecule has 1 amide bonds. The summed E-state index contributed by atoms with van der Waals surface area (Å²) in [7, 11) is -3.31. The van der Waals surface area contributed by atoms with Gasteiger partial charge < -0.3 is 19.4 Å². The maximum atomic E-state index is 13.1. The highest BCUT2D eigenvalue weighted by atomic mass is 32.2. The number of hydrogen-bond acceptors (Lipinski definition) is 6. The molecule has 8 nitrogen and oxygen atoms in total. The second kappa shape index (κ2) is 10.1. The number of aromatic nitrogens is 2. The summed E-state index contributed by atoms with van der Waals surface area (Å²) in [4.78, 5) is 17.5. The lowest BCUT2D eigenvalue weighted by molar-refractivity contribution is -0.122. The molecule has 34 heavy (non-hydrogen) atoms. The van der Waals surface area contributed by atoms with Crippen LogP contribution in [0.5, 0.6) is 5.75 Å². The summed E-state index contributed by atoms with van der Waals surface area (Å²) in [5.74, 6) is 0.784. The summed E-state index contributed by atoms with van der Waals surface area (Å²) >= 11 is 0. The Morgan fingerprint density at radius 2 is 1.85 bits per heavy atom. The van der Waals surface area contributed by atoms with Crippen molar-refractivity contribution in [2.24, 2.45) is 0 Å². The van der Waals surface area contributed by atoms with Gasteiger partial charge in [-0.25, -0.2) is 13.4 Å². The van der Waals surface area contributed by atoms with Crippen molar-refractivity contribution in [3.63, 3.8) is 0 Å². The number of carbonyl (C=O) groups excluding carboxylic acids is 1. The number of nitrogens with one attached hydrogen (secondary N) is 1. The molecule has 1 N–H and O–H groups in total. The molecule has 0 radical (unpaired) electrons. The molecule has 0 spiro atoms. The Labute approximate surface area is 200 Å². The van der Waals surface area contributed by atoms with Crippen molar-refractivity contribution >= 4 is 26.8 Å². The number of carbonyl (C=O) groups is 1. The first kappa shape index (κ1) is 24.2. The monoisotopic (exact) mass is 485 g/mol. The minimum absolute atomic E-state index is 0.00121. The van der Waals surface area contributed by atoms with E-state index in [2.05, 4.69) is 22.4 Å². The highest BCUT2D eigenvalue weighted by molar-refractivity contribution is 7.89. The predicted octanol–water partition coefficient (Wildman–Crippen LogP) is 2.84. The Kier molecular flexibility index (Phi) is 7.23. The zero-order valence-corrected chi connectivity index (χ0v) is 20.4. The fourth-order valence-electron chi connectivity index (χ4n) is 4.51. The van der Waals surface area contributed by atoms with Gasteiger partial charge in [-0.2, -0.15) is 0 Å². The number of ether oxygens (including phenoxy) is 2. The van der Waals surface area contributed by atoms with Crippen molar-refractivity contribution in [3.05, 3.63) is 59.9 Å². The zero-order valence-electron chi connectivity index (χ0n) is 19.6. The molecule has 3 aromatic rings. The van der Waals surface area contributed by atoms with Crippen LogP contribution < -0.4 is 10.1 Å². The largest absolute Gasteiger partial charge is 0.494 e. The van der Waals surface area contributed by atoms with E-state index in [1.165, 1.54) is 6.26 Å². The molecule has 1 fully saturated rings. The number of para-hydroxylation sites is 2. The normalized spacial score (nSPS) is 15.8. The number of nitrogens with zero attached hydrogens (tertiary/aromatic N) is 2. The number of fused-ring (bicyclic) bond motifs is 1. The Morgan fingerprint density at radius 3 is 2.53 bits per heavy atom. The molecule has 0 unspecified atom stereocenters. The van der Waals surface area contributed by atoms with E-state index in [0.717, 1.165) is 29.7 Å². The van der Waals surface area contributed by atoms with Gasteiger partial charge in [0.2, 0.25) is 5.91 Å². The topological polar surface area (TPSA) is 99.5 Å². The first-order valence-corrected chi connectivity index (χ1v) is 13.6. The molecule has 9 heteroatoms. The number of amides is 1. The smallest absolute Gasteiger partial charge is 0.240 e. The Bertz CT molecular complexity index is 1250. The molecule has 1 aliphatic rings. The highest BCUT2D eigenvalue weighted by Gasteiger charge is 2.35. The summed E-state index contributed by atoms with van der Waals surface area (Å²) in [6, 6.07) is 15.4. The van der Waals surface area contributed by atoms with Gasteiger partial charge in [0, 0.05) is 31.4 Å². The third kappa shape index (κ3) is 5.59. The standard InChI is InChI=1S/C25H31N3O5S/c1-3-33-20-10-8-19(9-11-20)25(12-14-32-15-13-25)18-26-24(29)16-28-22-7-5-4-6-21(22)27-23(28)17-34(2,30)31/h4-11H,3,12-18H2,1-2H3,(H,26,29). The first-order chi connectivity index (χ1) is 16.3. The van der Waals surface area contributed by atoms with Gasteiger partial charge in [-0.3, -0.25) is 4.79 Å². The molecule has 1 saturated heterocycles. The molecule has 182 valence electrons. The van der Waals surface area contributed by atoms with Crippen LogP contribution in [0.2, 0.25) is 0 Å². The third-order valence-corrected chi connectivity index (χ3v) is 7.06. The number of rotatable bonds is 9. The van der Waals surface area contributed by atoms with E-state index in [-0.39, 0.29) is 23.6 Å². The SMILES string of the molecule is CCOc1ccc(C2(CNC(=O)Cn3c(CS(C)(=O)=O)nc4ccccc43)CCOCC2)cc1. The second-order valence-electron chi connectivity index (χ2n) is 8.80. The molecule has 0 bridgehead atoms. The third-order valence-electron chi connectivity index (χ3n) is 6.28. The molecule has 0 aliphatic carbocycles. The molecular weight excluding hydrogens is 454 g/mol. The predicted molar refractivity (Wildman–Crippen MR) is 131 cm³/mol. The number of sulfone groups is 1. The van der Waals surface area contributed by atoms with Crippen molar-refractivity contribution < 1.29 is 22.7 Å². The van der Waals surface area contributed by atoms with Gasteiger partial charge >= 0.3 is 0 Å². The minimum Gasteiger partial charge on any atom is -0.494 e.